The molecule has 0 aliphatic heterocycles. The van der Waals surface area contributed by atoms with E-state index in [2.05, 4.69) is 4.74 Å². The molecule has 46 heavy (non-hydrogen) atoms. The van der Waals surface area contributed by atoms with Crippen LogP contribution in [-0.2, 0) is 16.0 Å². The Morgan fingerprint density at radius 3 is 2.00 bits per heavy atom. The fourth-order valence-electron chi connectivity index (χ4n) is 3.84. The molecular weight excluding hydrogens is 652 g/mol. The van der Waals surface area contributed by atoms with Gasteiger partial charge in [-0.1, -0.05) is 24.3 Å². The molecular formula is C28H29F10NO7. The SMILES string of the molecule is CCOC(Cc1ccc(OCCN(CCCCC(F)(F)C(F)(F)C(F)(F)F)C(=O)Oc2ccccc2OC(F)(F)F)cc1)C(=O)O. The Hall–Kier alpha value is -3.96. The van der Waals surface area contributed by atoms with Gasteiger partial charge in [0, 0.05) is 26.0 Å². The highest BCUT2D eigenvalue weighted by atomic mass is 19.4. The molecule has 0 heterocycles. The normalized spacial score (nSPS) is 13.2. The Kier molecular flexibility index (Phi) is 13.3. The third-order valence-corrected chi connectivity index (χ3v) is 6.13. The van der Waals surface area contributed by atoms with E-state index in [1.54, 1.807) is 6.92 Å². The molecule has 1 amide bonds. The van der Waals surface area contributed by atoms with Crippen molar-refractivity contribution >= 4 is 12.1 Å². The first-order valence-corrected chi connectivity index (χ1v) is 13.5. The van der Waals surface area contributed by atoms with Crippen molar-refractivity contribution in [1.82, 2.24) is 4.90 Å². The molecule has 2 rings (SSSR count). The first kappa shape index (κ1) is 38.2. The highest BCUT2D eigenvalue weighted by molar-refractivity contribution is 5.73. The molecule has 1 N–H and O–H groups in total. The van der Waals surface area contributed by atoms with E-state index >= 15 is 0 Å². The van der Waals surface area contributed by atoms with Crippen molar-refractivity contribution in [3.63, 3.8) is 0 Å². The van der Waals surface area contributed by atoms with E-state index < -0.39 is 86.4 Å². The predicted octanol–water partition coefficient (Wildman–Crippen LogP) is 7.50. The number of amides is 1. The van der Waals surface area contributed by atoms with E-state index in [0.29, 0.717) is 5.56 Å². The molecule has 0 radical (unpaired) electrons. The van der Waals surface area contributed by atoms with E-state index in [9.17, 15) is 58.6 Å². The fraction of sp³-hybridized carbons (Fsp3) is 0.500. The number of rotatable bonds is 17. The van der Waals surface area contributed by atoms with Crippen LogP contribution in [0.25, 0.3) is 0 Å². The van der Waals surface area contributed by atoms with Crippen molar-refractivity contribution in [1.29, 1.82) is 0 Å². The number of benzene rings is 2. The molecule has 2 aromatic rings. The maximum atomic E-state index is 13.7. The van der Waals surface area contributed by atoms with Crippen molar-refractivity contribution in [3.8, 4) is 17.2 Å². The number of halogens is 10. The van der Waals surface area contributed by atoms with Gasteiger partial charge < -0.3 is 29.0 Å². The van der Waals surface area contributed by atoms with Gasteiger partial charge in [0.05, 0.1) is 6.54 Å². The summed E-state index contributed by atoms with van der Waals surface area (Å²) in [6.07, 6.45) is -17.4. The second-order valence-corrected chi connectivity index (χ2v) is 9.56. The number of unbranched alkanes of at least 4 members (excludes halogenated alkanes) is 1. The highest BCUT2D eigenvalue weighted by Crippen LogP contribution is 2.48. The molecule has 18 heteroatoms. The monoisotopic (exact) mass is 681 g/mol. The minimum atomic E-state index is -6.50. The summed E-state index contributed by atoms with van der Waals surface area (Å²) in [7, 11) is 0. The van der Waals surface area contributed by atoms with Gasteiger partial charge in [-0.05, 0) is 49.6 Å². The number of nitrogens with zero attached hydrogens (tertiary/aromatic N) is 1. The van der Waals surface area contributed by atoms with Crippen molar-refractivity contribution in [3.05, 3.63) is 54.1 Å². The summed E-state index contributed by atoms with van der Waals surface area (Å²) in [6.45, 7) is 0.520. The summed E-state index contributed by atoms with van der Waals surface area (Å²) in [5, 5.41) is 9.21. The van der Waals surface area contributed by atoms with Gasteiger partial charge in [-0.15, -0.1) is 13.2 Å². The third kappa shape index (κ3) is 11.4. The predicted molar refractivity (Wildman–Crippen MR) is 139 cm³/mol. The van der Waals surface area contributed by atoms with Gasteiger partial charge in [-0.3, -0.25) is 0 Å². The van der Waals surface area contributed by atoms with E-state index in [-0.39, 0.29) is 25.4 Å². The lowest BCUT2D eigenvalue weighted by Crippen LogP contribution is -2.51. The first-order valence-electron chi connectivity index (χ1n) is 13.5. The summed E-state index contributed by atoms with van der Waals surface area (Å²) in [5.74, 6) is -14.3. The maximum Gasteiger partial charge on any atom is 0.573 e. The van der Waals surface area contributed by atoms with Gasteiger partial charge in [0.2, 0.25) is 0 Å². The fourth-order valence-corrected chi connectivity index (χ4v) is 3.84. The maximum absolute atomic E-state index is 13.7. The molecule has 1 unspecified atom stereocenters. The number of carboxylic acids is 1. The lowest BCUT2D eigenvalue weighted by Gasteiger charge is -2.28. The molecule has 8 nitrogen and oxygen atoms in total. The smallest absolute Gasteiger partial charge is 0.492 e. The molecule has 1 atom stereocenters. The quantitative estimate of drug-likeness (QED) is 0.137. The van der Waals surface area contributed by atoms with E-state index in [1.165, 1.54) is 30.3 Å². The van der Waals surface area contributed by atoms with Gasteiger partial charge in [-0.2, -0.15) is 30.7 Å². The Morgan fingerprint density at radius 2 is 1.46 bits per heavy atom. The van der Waals surface area contributed by atoms with Crippen LogP contribution < -0.4 is 14.2 Å². The van der Waals surface area contributed by atoms with Crippen LogP contribution in [0.15, 0.2) is 48.5 Å². The van der Waals surface area contributed by atoms with Crippen LogP contribution >= 0.6 is 0 Å². The average molecular weight is 682 g/mol. The van der Waals surface area contributed by atoms with Gasteiger partial charge >= 0.3 is 36.4 Å². The van der Waals surface area contributed by atoms with Gasteiger partial charge in [0.15, 0.2) is 17.6 Å². The Morgan fingerprint density at radius 1 is 0.848 bits per heavy atom. The van der Waals surface area contributed by atoms with Crippen molar-refractivity contribution in [2.75, 3.05) is 26.3 Å². The second kappa shape index (κ2) is 16.0. The first-order chi connectivity index (χ1) is 21.3. The number of para-hydroxylation sites is 2. The largest absolute Gasteiger partial charge is 0.573 e. The number of hydrogen-bond donors (Lipinski definition) is 1. The van der Waals surface area contributed by atoms with Crippen LogP contribution in [0.2, 0.25) is 0 Å². The standard InChI is InChI=1S/C28H29F10NO7/c1-2-43-22(23(40)41)17-18-9-11-19(12-10-18)44-16-15-39(14-6-5-13-25(29,30)26(31,32)27(33,34)35)24(42)45-20-7-3-4-8-21(20)46-28(36,37)38/h3-4,7-12,22H,2,5-6,13-17H2,1H3,(H,40,41). The van der Waals surface area contributed by atoms with Crippen LogP contribution in [0.1, 0.15) is 31.7 Å². The topological polar surface area (TPSA) is 94.5 Å². The molecule has 0 spiro atoms. The Balaban J connectivity index is 2.11. The van der Waals surface area contributed by atoms with Gasteiger partial charge in [0.1, 0.15) is 12.4 Å². The van der Waals surface area contributed by atoms with Crippen LogP contribution in [0, 0.1) is 0 Å². The zero-order chi connectivity index (χ0) is 34.8. The summed E-state index contributed by atoms with van der Waals surface area (Å²) < 4.78 is 149. The summed E-state index contributed by atoms with van der Waals surface area (Å²) >= 11 is 0. The molecule has 0 saturated heterocycles. The number of hydrogen-bond acceptors (Lipinski definition) is 6. The average Bonchev–Trinajstić information content (AvgIpc) is 2.94. The summed E-state index contributed by atoms with van der Waals surface area (Å²) in [6, 6.07) is 10.1. The Labute approximate surface area is 255 Å². The molecule has 0 fully saturated rings. The number of carbonyl (C=O) groups is 2. The molecule has 0 aliphatic carbocycles. The molecule has 0 aliphatic rings. The summed E-state index contributed by atoms with van der Waals surface area (Å²) in [4.78, 5) is 24.9. The Bertz CT molecular complexity index is 1270. The van der Waals surface area contributed by atoms with Crippen molar-refractivity contribution in [2.24, 2.45) is 0 Å². The molecule has 0 bridgehead atoms. The second-order valence-electron chi connectivity index (χ2n) is 9.56. The summed E-state index contributed by atoms with van der Waals surface area (Å²) in [5.41, 5.74) is 0.575. The zero-order valence-electron chi connectivity index (χ0n) is 24.0. The lowest BCUT2D eigenvalue weighted by molar-refractivity contribution is -0.355. The third-order valence-electron chi connectivity index (χ3n) is 6.13. The van der Waals surface area contributed by atoms with Gasteiger partial charge in [-0.25, -0.2) is 9.59 Å². The zero-order valence-corrected chi connectivity index (χ0v) is 24.0. The minimum Gasteiger partial charge on any atom is -0.492 e. The number of alkyl halides is 10. The highest BCUT2D eigenvalue weighted by Gasteiger charge is 2.72. The molecule has 0 aromatic heterocycles. The number of carbonyl (C=O) groups excluding carboxylic acids is 1. The number of aliphatic carboxylic acids is 1. The number of ether oxygens (including phenoxy) is 4. The molecule has 2 aromatic carbocycles. The molecule has 258 valence electrons. The van der Waals surface area contributed by atoms with Crippen molar-refractivity contribution in [2.45, 2.75) is 63.1 Å². The van der Waals surface area contributed by atoms with Crippen LogP contribution in [0.3, 0.4) is 0 Å². The van der Waals surface area contributed by atoms with E-state index in [4.69, 9.17) is 14.2 Å². The van der Waals surface area contributed by atoms with E-state index in [0.717, 1.165) is 23.1 Å². The van der Waals surface area contributed by atoms with Crippen LogP contribution in [0.4, 0.5) is 48.7 Å². The minimum absolute atomic E-state index is 0.0382. The van der Waals surface area contributed by atoms with Crippen molar-refractivity contribution < 1.29 is 77.5 Å². The van der Waals surface area contributed by atoms with E-state index in [1.807, 2.05) is 0 Å². The van der Waals surface area contributed by atoms with Crippen LogP contribution in [0.5, 0.6) is 17.2 Å². The lowest BCUT2D eigenvalue weighted by atomic mass is 10.0. The number of carboxylic acid groups (broad SMARTS) is 1. The molecule has 0 saturated carbocycles. The van der Waals surface area contributed by atoms with Crippen LogP contribution in [-0.4, -0.2) is 78.9 Å². The van der Waals surface area contributed by atoms with Gasteiger partial charge in [0.25, 0.3) is 0 Å².